The van der Waals surface area contributed by atoms with Crippen LogP contribution in [-0.2, 0) is 5.41 Å². The number of hydrogen-bond donors (Lipinski definition) is 1. The van der Waals surface area contributed by atoms with E-state index in [0.717, 1.165) is 23.8 Å². The molecule has 1 aromatic heterocycles. The molecule has 0 aliphatic heterocycles. The lowest BCUT2D eigenvalue weighted by molar-refractivity contribution is -0.275. The van der Waals surface area contributed by atoms with Crippen molar-refractivity contribution in [1.29, 1.82) is 0 Å². The Morgan fingerprint density at radius 2 is 1.63 bits per heavy atom. The molecule has 38 heavy (non-hydrogen) atoms. The van der Waals surface area contributed by atoms with E-state index in [1.165, 1.54) is 6.07 Å². The van der Waals surface area contributed by atoms with Gasteiger partial charge in [-0.15, -0.1) is 13.2 Å². The first-order valence-electron chi connectivity index (χ1n) is 11.9. The van der Waals surface area contributed by atoms with Gasteiger partial charge in [0.1, 0.15) is 17.3 Å². The van der Waals surface area contributed by atoms with Crippen molar-refractivity contribution in [2.75, 3.05) is 7.11 Å². The van der Waals surface area contributed by atoms with Crippen LogP contribution in [0, 0.1) is 11.2 Å². The highest BCUT2D eigenvalue weighted by Gasteiger charge is 2.34. The first kappa shape index (κ1) is 28.9. The van der Waals surface area contributed by atoms with Gasteiger partial charge in [0.15, 0.2) is 17.3 Å². The fraction of sp³-hybridized carbons (Fsp3) is 0.393. The molecule has 1 heterocycles. The topological polar surface area (TPSA) is 81.3 Å². The summed E-state index contributed by atoms with van der Waals surface area (Å²) in [7, 11) is 1.55. The second-order valence-electron chi connectivity index (χ2n) is 10.6. The lowest BCUT2D eigenvalue weighted by atomic mass is 9.73. The standard InChI is InChI=1S/C28H30F4N2O4/c1-26(2,3)19(16-7-12-23(20(29)13-16)38-28(30,31)32)14-22(35)21-15-24(36)34-25(33-21)27(4,5)17-8-10-18(37-6)11-9-17/h7-13,15,19H,14H2,1-6H3,(H,33,34,36)/t19-/m0/s1. The van der Waals surface area contributed by atoms with Crippen LogP contribution in [0.15, 0.2) is 53.3 Å². The zero-order valence-electron chi connectivity index (χ0n) is 22.0. The number of alkyl halides is 3. The summed E-state index contributed by atoms with van der Waals surface area (Å²) in [5, 5.41) is 0. The molecule has 6 nitrogen and oxygen atoms in total. The van der Waals surface area contributed by atoms with Gasteiger partial charge in [-0.3, -0.25) is 9.59 Å². The molecule has 1 atom stereocenters. The highest BCUT2D eigenvalue weighted by atomic mass is 19.4. The Morgan fingerprint density at radius 1 is 1.00 bits per heavy atom. The number of hydrogen-bond acceptors (Lipinski definition) is 5. The number of aromatic nitrogens is 2. The van der Waals surface area contributed by atoms with Gasteiger partial charge >= 0.3 is 6.36 Å². The number of H-pyrrole nitrogens is 1. The molecule has 0 bridgehead atoms. The van der Waals surface area contributed by atoms with E-state index in [2.05, 4.69) is 14.7 Å². The first-order chi connectivity index (χ1) is 17.5. The number of nitrogens with one attached hydrogen (secondary N) is 1. The average molecular weight is 535 g/mol. The fourth-order valence-corrected chi connectivity index (χ4v) is 4.20. The minimum absolute atomic E-state index is 0.0583. The Balaban J connectivity index is 1.94. The van der Waals surface area contributed by atoms with Gasteiger partial charge in [0.25, 0.3) is 5.56 Å². The fourth-order valence-electron chi connectivity index (χ4n) is 4.20. The Morgan fingerprint density at radius 3 is 2.16 bits per heavy atom. The number of benzene rings is 2. The molecule has 0 amide bonds. The Kier molecular flexibility index (Phi) is 8.04. The smallest absolute Gasteiger partial charge is 0.497 e. The molecule has 10 heteroatoms. The van der Waals surface area contributed by atoms with E-state index in [0.29, 0.717) is 11.3 Å². The van der Waals surface area contributed by atoms with Gasteiger partial charge in [0.2, 0.25) is 0 Å². The molecule has 0 aliphatic rings. The molecule has 3 rings (SSSR count). The van der Waals surface area contributed by atoms with Crippen LogP contribution in [-0.4, -0.2) is 29.2 Å². The number of ketones is 1. The monoisotopic (exact) mass is 534 g/mol. The Hall–Kier alpha value is -3.69. The molecule has 3 aromatic rings. The number of methoxy groups -OCH3 is 1. The molecular weight excluding hydrogens is 504 g/mol. The SMILES string of the molecule is COc1ccc(C(C)(C)c2nc(C(=O)C[C@@H](c3ccc(OC(F)(F)F)c(F)c3)C(C)(C)C)cc(=O)[nH]2)cc1. The number of nitrogens with zero attached hydrogens (tertiary/aromatic N) is 1. The van der Waals surface area contributed by atoms with Gasteiger partial charge in [0, 0.05) is 17.9 Å². The predicted molar refractivity (Wildman–Crippen MR) is 134 cm³/mol. The zero-order valence-corrected chi connectivity index (χ0v) is 22.0. The summed E-state index contributed by atoms with van der Waals surface area (Å²) in [5.41, 5.74) is -0.760. The van der Waals surface area contributed by atoms with E-state index in [9.17, 15) is 27.2 Å². The van der Waals surface area contributed by atoms with Crippen molar-refractivity contribution in [3.63, 3.8) is 0 Å². The zero-order chi connectivity index (χ0) is 28.5. The number of carbonyl (C=O) groups excluding carboxylic acids is 1. The van der Waals surface area contributed by atoms with Crippen LogP contribution >= 0.6 is 0 Å². The maximum atomic E-state index is 14.5. The van der Waals surface area contributed by atoms with Crippen molar-refractivity contribution >= 4 is 5.78 Å². The van der Waals surface area contributed by atoms with E-state index in [4.69, 9.17) is 4.74 Å². The summed E-state index contributed by atoms with van der Waals surface area (Å²) in [6.07, 6.45) is -5.19. The molecule has 2 aromatic carbocycles. The van der Waals surface area contributed by atoms with Crippen LogP contribution in [0.5, 0.6) is 11.5 Å². The first-order valence-corrected chi connectivity index (χ1v) is 11.9. The van der Waals surface area contributed by atoms with Crippen LogP contribution in [0.2, 0.25) is 0 Å². The third-order valence-electron chi connectivity index (χ3n) is 6.45. The average Bonchev–Trinajstić information content (AvgIpc) is 2.82. The second kappa shape index (κ2) is 10.6. The summed E-state index contributed by atoms with van der Waals surface area (Å²) < 4.78 is 61.0. The van der Waals surface area contributed by atoms with E-state index < -0.39 is 46.0 Å². The number of rotatable bonds is 8. The van der Waals surface area contributed by atoms with Gasteiger partial charge in [-0.2, -0.15) is 0 Å². The summed E-state index contributed by atoms with van der Waals surface area (Å²) >= 11 is 0. The van der Waals surface area contributed by atoms with E-state index in [-0.39, 0.29) is 17.9 Å². The molecule has 0 unspecified atom stereocenters. The molecule has 204 valence electrons. The molecule has 0 aliphatic carbocycles. The van der Waals surface area contributed by atoms with Gasteiger partial charge in [-0.1, -0.05) is 39.0 Å². The third-order valence-corrected chi connectivity index (χ3v) is 6.45. The van der Waals surface area contributed by atoms with Gasteiger partial charge in [-0.25, -0.2) is 9.37 Å². The van der Waals surface area contributed by atoms with Crippen molar-refractivity contribution in [1.82, 2.24) is 9.97 Å². The second-order valence-corrected chi connectivity index (χ2v) is 10.6. The van der Waals surface area contributed by atoms with Crippen molar-refractivity contribution in [2.24, 2.45) is 5.41 Å². The van der Waals surface area contributed by atoms with Crippen LogP contribution < -0.4 is 15.0 Å². The number of halogens is 4. The molecule has 1 N–H and O–H groups in total. The maximum Gasteiger partial charge on any atom is 0.573 e. The van der Waals surface area contributed by atoms with Crippen molar-refractivity contribution in [2.45, 2.75) is 58.7 Å². The summed E-state index contributed by atoms with van der Waals surface area (Å²) in [6.45, 7) is 9.19. The van der Waals surface area contributed by atoms with Crippen LogP contribution in [0.4, 0.5) is 17.6 Å². The van der Waals surface area contributed by atoms with E-state index in [1.807, 2.05) is 46.8 Å². The Bertz CT molecular complexity index is 1360. The highest BCUT2D eigenvalue weighted by Crippen LogP contribution is 2.40. The molecule has 0 spiro atoms. The molecule has 0 fully saturated rings. The van der Waals surface area contributed by atoms with Gasteiger partial charge < -0.3 is 14.5 Å². The van der Waals surface area contributed by atoms with Gasteiger partial charge in [0.05, 0.1) is 7.11 Å². The van der Waals surface area contributed by atoms with Crippen LogP contribution in [0.1, 0.15) is 74.4 Å². The number of ether oxygens (including phenoxy) is 2. The molecular formula is C28H30F4N2O4. The normalized spacial score (nSPS) is 13.2. The number of Topliss-reactive ketones (excluding diaryl/α,β-unsaturated/α-hetero) is 1. The minimum Gasteiger partial charge on any atom is -0.497 e. The van der Waals surface area contributed by atoms with E-state index in [1.54, 1.807) is 19.2 Å². The molecule has 0 saturated heterocycles. The summed E-state index contributed by atoms with van der Waals surface area (Å²) in [6, 6.07) is 11.5. The largest absolute Gasteiger partial charge is 0.573 e. The molecule has 0 saturated carbocycles. The summed E-state index contributed by atoms with van der Waals surface area (Å²) in [4.78, 5) is 33.1. The number of aromatic amines is 1. The lowest BCUT2D eigenvalue weighted by Gasteiger charge is -2.31. The predicted octanol–water partition coefficient (Wildman–Crippen LogP) is 6.54. The Labute approximate surface area is 218 Å². The van der Waals surface area contributed by atoms with Crippen LogP contribution in [0.25, 0.3) is 0 Å². The van der Waals surface area contributed by atoms with E-state index >= 15 is 0 Å². The lowest BCUT2D eigenvalue weighted by Crippen LogP contribution is -2.28. The van der Waals surface area contributed by atoms with Crippen molar-refractivity contribution in [3.8, 4) is 11.5 Å². The van der Waals surface area contributed by atoms with Crippen molar-refractivity contribution in [3.05, 3.63) is 87.3 Å². The van der Waals surface area contributed by atoms with Gasteiger partial charge in [-0.05, 0) is 60.6 Å². The summed E-state index contributed by atoms with van der Waals surface area (Å²) in [5.74, 6) is -2.26. The molecule has 0 radical (unpaired) electrons. The van der Waals surface area contributed by atoms with Crippen molar-refractivity contribution < 1.29 is 31.8 Å². The minimum atomic E-state index is -5.04. The third kappa shape index (κ3) is 6.79. The number of carbonyl (C=O) groups is 1. The quantitative estimate of drug-likeness (QED) is 0.262. The van der Waals surface area contributed by atoms with Crippen LogP contribution in [0.3, 0.4) is 0 Å². The highest BCUT2D eigenvalue weighted by molar-refractivity contribution is 5.94. The maximum absolute atomic E-state index is 14.5.